The summed E-state index contributed by atoms with van der Waals surface area (Å²) in [6.45, 7) is 6.91. The first-order valence-electron chi connectivity index (χ1n) is 9.82. The van der Waals surface area contributed by atoms with Crippen LogP contribution in [0.25, 0.3) is 0 Å². The molecule has 1 N–H and O–H groups in total. The summed E-state index contributed by atoms with van der Waals surface area (Å²) in [5, 5.41) is 0.835. The number of carbonyl (C=O) groups is 1. The molecule has 1 amide bonds. The Kier molecular flexibility index (Phi) is 6.98. The van der Waals surface area contributed by atoms with Gasteiger partial charge in [0, 0.05) is 56.8 Å². The molecule has 3 rings (SSSR count). The van der Waals surface area contributed by atoms with Crippen molar-refractivity contribution in [2.24, 2.45) is 5.92 Å². The molecule has 2 heterocycles. The van der Waals surface area contributed by atoms with Gasteiger partial charge in [-0.2, -0.15) is 4.31 Å². The van der Waals surface area contributed by atoms with Gasteiger partial charge in [-0.25, -0.2) is 21.6 Å². The molecule has 30 heavy (non-hydrogen) atoms. The lowest BCUT2D eigenvalue weighted by Crippen LogP contribution is -2.47. The Morgan fingerprint density at radius 1 is 1.10 bits per heavy atom. The number of amides is 1. The highest BCUT2D eigenvalue weighted by atomic mass is 32.2. The summed E-state index contributed by atoms with van der Waals surface area (Å²) < 4.78 is 52.6. The van der Waals surface area contributed by atoms with Crippen molar-refractivity contribution in [1.29, 1.82) is 0 Å². The van der Waals surface area contributed by atoms with Gasteiger partial charge in [0.15, 0.2) is 0 Å². The number of likely N-dealkylation sites (N-methyl/N-ethyl adjacent to an activating group) is 1. The standard InChI is InChI=1S/C19H28N4O5S2/c1-3-29(25,26)20-14-16-8-9-23(15-16)30(27,28)18-6-4-17(5-7-18)19(24)22-12-10-21(2)11-13-22/h3-7,16,20H,1,8-15H2,2H3. The maximum Gasteiger partial charge on any atom is 0.253 e. The minimum absolute atomic E-state index is 0.0946. The van der Waals surface area contributed by atoms with E-state index in [1.165, 1.54) is 16.4 Å². The van der Waals surface area contributed by atoms with Gasteiger partial charge in [0.1, 0.15) is 0 Å². The van der Waals surface area contributed by atoms with E-state index in [4.69, 9.17) is 0 Å². The van der Waals surface area contributed by atoms with E-state index in [0.717, 1.165) is 18.5 Å². The summed E-state index contributed by atoms with van der Waals surface area (Å²) in [4.78, 5) is 16.7. The molecule has 0 radical (unpaired) electrons. The zero-order chi connectivity index (χ0) is 21.9. The molecule has 1 unspecified atom stereocenters. The van der Waals surface area contributed by atoms with Gasteiger partial charge in [-0.05, 0) is 43.7 Å². The summed E-state index contributed by atoms with van der Waals surface area (Å²) in [6, 6.07) is 6.04. The molecule has 2 aliphatic heterocycles. The lowest BCUT2D eigenvalue weighted by molar-refractivity contribution is 0.0664. The van der Waals surface area contributed by atoms with E-state index in [9.17, 15) is 21.6 Å². The molecule has 1 aromatic rings. The largest absolute Gasteiger partial charge is 0.336 e. The first kappa shape index (κ1) is 22.9. The minimum Gasteiger partial charge on any atom is -0.336 e. The average Bonchev–Trinajstić information content (AvgIpc) is 3.23. The summed E-state index contributed by atoms with van der Waals surface area (Å²) >= 11 is 0. The maximum absolute atomic E-state index is 12.9. The quantitative estimate of drug-likeness (QED) is 0.626. The Morgan fingerprint density at radius 3 is 2.33 bits per heavy atom. The summed E-state index contributed by atoms with van der Waals surface area (Å²) in [5.74, 6) is -0.199. The number of nitrogens with zero attached hydrogens (tertiary/aromatic N) is 3. The lowest BCUT2D eigenvalue weighted by atomic mass is 10.1. The third-order valence-corrected chi connectivity index (χ3v) is 8.46. The van der Waals surface area contributed by atoms with Crippen LogP contribution in [0.1, 0.15) is 16.8 Å². The van der Waals surface area contributed by atoms with Gasteiger partial charge in [-0.15, -0.1) is 0 Å². The molecule has 2 saturated heterocycles. The van der Waals surface area contributed by atoms with E-state index < -0.39 is 20.0 Å². The third-order valence-electron chi connectivity index (χ3n) is 5.57. The molecule has 1 aromatic carbocycles. The monoisotopic (exact) mass is 456 g/mol. The number of carbonyl (C=O) groups excluding carboxylic acids is 1. The zero-order valence-electron chi connectivity index (χ0n) is 17.0. The van der Waals surface area contributed by atoms with E-state index in [2.05, 4.69) is 16.2 Å². The second-order valence-corrected chi connectivity index (χ2v) is 11.3. The fourth-order valence-corrected chi connectivity index (χ4v) is 5.70. The Labute approximate surface area is 178 Å². The van der Waals surface area contributed by atoms with Crippen molar-refractivity contribution in [2.75, 3.05) is 52.9 Å². The van der Waals surface area contributed by atoms with Gasteiger partial charge >= 0.3 is 0 Å². The van der Waals surface area contributed by atoms with Gasteiger partial charge in [-0.3, -0.25) is 4.79 Å². The third kappa shape index (κ3) is 5.27. The Bertz CT molecular complexity index is 984. The predicted molar refractivity (Wildman–Crippen MR) is 114 cm³/mol. The molecule has 1 atom stereocenters. The molecule has 2 aliphatic rings. The Hall–Kier alpha value is -1.79. The lowest BCUT2D eigenvalue weighted by Gasteiger charge is -2.32. The molecule has 11 heteroatoms. The Morgan fingerprint density at radius 2 is 1.73 bits per heavy atom. The highest BCUT2D eigenvalue weighted by Gasteiger charge is 2.33. The molecular weight excluding hydrogens is 428 g/mol. The molecule has 2 fully saturated rings. The number of sulfonamides is 2. The van der Waals surface area contributed by atoms with E-state index in [-0.39, 0.29) is 29.8 Å². The SMILES string of the molecule is C=CS(=O)(=O)NCC1CCN(S(=O)(=O)c2ccc(C(=O)N3CCN(C)CC3)cc2)C1. The number of hydrogen-bond acceptors (Lipinski definition) is 6. The zero-order valence-corrected chi connectivity index (χ0v) is 18.7. The van der Waals surface area contributed by atoms with E-state index in [1.54, 1.807) is 17.0 Å². The average molecular weight is 457 g/mol. The fourth-order valence-electron chi connectivity index (χ4n) is 3.59. The van der Waals surface area contributed by atoms with Crippen molar-refractivity contribution >= 4 is 26.0 Å². The van der Waals surface area contributed by atoms with Gasteiger partial charge in [-0.1, -0.05) is 6.58 Å². The van der Waals surface area contributed by atoms with Gasteiger partial charge in [0.25, 0.3) is 5.91 Å². The van der Waals surface area contributed by atoms with Crippen LogP contribution in [0.3, 0.4) is 0 Å². The van der Waals surface area contributed by atoms with Crippen LogP contribution in [0.4, 0.5) is 0 Å². The molecule has 0 aromatic heterocycles. The van der Waals surface area contributed by atoms with Crippen LogP contribution in [-0.2, 0) is 20.0 Å². The van der Waals surface area contributed by atoms with Crippen molar-refractivity contribution in [3.63, 3.8) is 0 Å². The highest BCUT2D eigenvalue weighted by molar-refractivity contribution is 7.92. The number of hydrogen-bond donors (Lipinski definition) is 1. The van der Waals surface area contributed by atoms with E-state index >= 15 is 0 Å². The van der Waals surface area contributed by atoms with Crippen LogP contribution >= 0.6 is 0 Å². The first-order valence-corrected chi connectivity index (χ1v) is 12.8. The van der Waals surface area contributed by atoms with Crippen LogP contribution < -0.4 is 4.72 Å². The Balaban J connectivity index is 1.62. The second kappa shape index (κ2) is 9.15. The van der Waals surface area contributed by atoms with Crippen molar-refractivity contribution in [2.45, 2.75) is 11.3 Å². The number of rotatable bonds is 7. The van der Waals surface area contributed by atoms with Crippen molar-refractivity contribution in [3.05, 3.63) is 41.8 Å². The van der Waals surface area contributed by atoms with Gasteiger partial charge in [0.2, 0.25) is 20.0 Å². The molecule has 0 bridgehead atoms. The maximum atomic E-state index is 12.9. The van der Waals surface area contributed by atoms with Gasteiger partial charge in [0.05, 0.1) is 4.90 Å². The summed E-state index contributed by atoms with van der Waals surface area (Å²) in [5.41, 5.74) is 0.469. The highest BCUT2D eigenvalue weighted by Crippen LogP contribution is 2.24. The van der Waals surface area contributed by atoms with Crippen LogP contribution in [-0.4, -0.2) is 89.7 Å². The van der Waals surface area contributed by atoms with Crippen LogP contribution in [0.15, 0.2) is 41.1 Å². The van der Waals surface area contributed by atoms with Crippen LogP contribution in [0.5, 0.6) is 0 Å². The molecule has 9 nitrogen and oxygen atoms in total. The smallest absolute Gasteiger partial charge is 0.253 e. The normalized spacial score (nSPS) is 21.6. The molecule has 0 saturated carbocycles. The van der Waals surface area contributed by atoms with Crippen LogP contribution in [0, 0.1) is 5.92 Å². The number of piperazine rings is 1. The molecule has 166 valence electrons. The fraction of sp³-hybridized carbons (Fsp3) is 0.526. The van der Waals surface area contributed by atoms with E-state index in [1.807, 2.05) is 7.05 Å². The van der Waals surface area contributed by atoms with Crippen LogP contribution in [0.2, 0.25) is 0 Å². The van der Waals surface area contributed by atoms with Crippen molar-refractivity contribution < 1.29 is 21.6 Å². The molecular formula is C19H28N4O5S2. The summed E-state index contributed by atoms with van der Waals surface area (Å²) in [6.07, 6.45) is 0.568. The topological polar surface area (TPSA) is 107 Å². The van der Waals surface area contributed by atoms with Gasteiger partial charge < -0.3 is 9.80 Å². The first-order chi connectivity index (χ1) is 14.1. The summed E-state index contributed by atoms with van der Waals surface area (Å²) in [7, 11) is -5.22. The predicted octanol–water partition coefficient (Wildman–Crippen LogP) is 0.148. The molecule has 0 aliphatic carbocycles. The number of benzene rings is 1. The second-order valence-electron chi connectivity index (χ2n) is 7.70. The van der Waals surface area contributed by atoms with Crippen molar-refractivity contribution in [3.8, 4) is 0 Å². The van der Waals surface area contributed by atoms with Crippen molar-refractivity contribution in [1.82, 2.24) is 18.8 Å². The van der Waals surface area contributed by atoms with E-state index in [0.29, 0.717) is 31.6 Å². The minimum atomic E-state index is -3.70. The molecule has 0 spiro atoms. The number of nitrogens with one attached hydrogen (secondary N) is 1.